The maximum Gasteiger partial charge on any atom is 0.143 e. The molecule has 0 amide bonds. The van der Waals surface area contributed by atoms with Gasteiger partial charge in [0.1, 0.15) is 35.7 Å². The molecular weight excluding hydrogens is 316 g/mol. The fourth-order valence-corrected chi connectivity index (χ4v) is 4.07. The van der Waals surface area contributed by atoms with E-state index in [0.29, 0.717) is 18.5 Å². The molecule has 6 nitrogen and oxygen atoms in total. The smallest absolute Gasteiger partial charge is 0.143 e. The number of hydrogen-bond acceptors (Lipinski definition) is 5. The van der Waals surface area contributed by atoms with Crippen molar-refractivity contribution in [2.24, 2.45) is 0 Å². The number of anilines is 1. The van der Waals surface area contributed by atoms with Crippen LogP contribution in [0.4, 0.5) is 5.82 Å². The summed E-state index contributed by atoms with van der Waals surface area (Å²) in [4.78, 5) is 11.5. The summed E-state index contributed by atoms with van der Waals surface area (Å²) in [5.41, 5.74) is 8.72. The summed E-state index contributed by atoms with van der Waals surface area (Å²) < 4.78 is 12.2. The molecule has 5 rings (SSSR count). The van der Waals surface area contributed by atoms with Gasteiger partial charge in [-0.2, -0.15) is 0 Å². The van der Waals surface area contributed by atoms with E-state index in [2.05, 4.69) is 15.0 Å². The molecule has 0 aliphatic carbocycles. The SMILES string of the molecule is Nc1ncnc2[nH]cc(-c3cccc(OCC45CCC(CC4)O5)c3)c12. The second-order valence-corrected chi connectivity index (χ2v) is 7.00. The van der Waals surface area contributed by atoms with Gasteiger partial charge < -0.3 is 20.2 Å². The Labute approximate surface area is 145 Å². The highest BCUT2D eigenvalue weighted by atomic mass is 16.6. The van der Waals surface area contributed by atoms with Crippen LogP contribution >= 0.6 is 0 Å². The van der Waals surface area contributed by atoms with Crippen LogP contribution in [0.25, 0.3) is 22.2 Å². The summed E-state index contributed by atoms with van der Waals surface area (Å²) in [6.07, 6.45) is 8.36. The number of fused-ring (bicyclic) bond motifs is 3. The molecule has 2 aliphatic heterocycles. The number of nitrogen functional groups attached to an aromatic ring is 1. The molecule has 3 aromatic rings. The number of nitrogens with one attached hydrogen (secondary N) is 1. The van der Waals surface area contributed by atoms with Crippen LogP contribution in [0.3, 0.4) is 0 Å². The van der Waals surface area contributed by atoms with Crippen molar-refractivity contribution in [2.75, 3.05) is 12.3 Å². The lowest BCUT2D eigenvalue weighted by molar-refractivity contribution is -0.0198. The molecule has 128 valence electrons. The Hall–Kier alpha value is -2.60. The molecule has 0 unspecified atom stereocenters. The van der Waals surface area contributed by atoms with Gasteiger partial charge in [0.15, 0.2) is 0 Å². The maximum absolute atomic E-state index is 6.09. The van der Waals surface area contributed by atoms with Crippen LogP contribution in [0.5, 0.6) is 5.75 Å². The van der Waals surface area contributed by atoms with Crippen LogP contribution in [0, 0.1) is 0 Å². The molecule has 2 saturated heterocycles. The lowest BCUT2D eigenvalue weighted by atomic mass is 9.89. The standard InChI is InChI=1S/C19H20N4O2/c20-17-16-15(9-21-18(16)23-11-22-17)12-2-1-3-14(8-12)24-10-19-6-4-13(25-19)5-7-19/h1-3,8-9,11,13H,4-7,10H2,(H3,20,21,22,23). The molecule has 4 heterocycles. The Morgan fingerprint density at radius 2 is 2.16 bits per heavy atom. The van der Waals surface area contributed by atoms with Crippen LogP contribution in [-0.4, -0.2) is 33.3 Å². The first-order chi connectivity index (χ1) is 12.2. The van der Waals surface area contributed by atoms with E-state index in [1.807, 2.05) is 30.5 Å². The number of H-pyrrole nitrogens is 1. The first kappa shape index (κ1) is 14.7. The molecule has 25 heavy (non-hydrogen) atoms. The third-order valence-corrected chi connectivity index (χ3v) is 5.41. The Kier molecular flexibility index (Phi) is 3.21. The van der Waals surface area contributed by atoms with Crippen molar-refractivity contribution >= 4 is 16.9 Å². The molecule has 2 bridgehead atoms. The number of rotatable bonds is 4. The summed E-state index contributed by atoms with van der Waals surface area (Å²) in [5.74, 6) is 1.32. The molecule has 0 atom stereocenters. The molecule has 0 spiro atoms. The Morgan fingerprint density at radius 3 is 2.96 bits per heavy atom. The highest BCUT2D eigenvalue weighted by Gasteiger charge is 2.46. The summed E-state index contributed by atoms with van der Waals surface area (Å²) in [5, 5.41) is 0.844. The van der Waals surface area contributed by atoms with Gasteiger partial charge in [-0.05, 0) is 43.4 Å². The molecule has 0 radical (unpaired) electrons. The minimum atomic E-state index is -0.0697. The highest BCUT2D eigenvalue weighted by Crippen LogP contribution is 2.43. The minimum Gasteiger partial charge on any atom is -0.491 e. The zero-order valence-corrected chi connectivity index (χ0v) is 13.9. The van der Waals surface area contributed by atoms with E-state index in [4.69, 9.17) is 15.2 Å². The predicted octanol–water partition coefficient (Wildman–Crippen LogP) is 3.30. The Balaban J connectivity index is 1.43. The van der Waals surface area contributed by atoms with Crippen molar-refractivity contribution in [3.05, 3.63) is 36.8 Å². The van der Waals surface area contributed by atoms with Crippen molar-refractivity contribution < 1.29 is 9.47 Å². The lowest BCUT2D eigenvalue weighted by Gasteiger charge is -2.24. The first-order valence-corrected chi connectivity index (χ1v) is 8.71. The zero-order chi connectivity index (χ0) is 16.9. The predicted molar refractivity (Wildman–Crippen MR) is 95.3 cm³/mol. The monoisotopic (exact) mass is 336 g/mol. The van der Waals surface area contributed by atoms with Gasteiger partial charge in [0.25, 0.3) is 0 Å². The normalized spacial score (nSPS) is 24.9. The van der Waals surface area contributed by atoms with Gasteiger partial charge in [-0.25, -0.2) is 9.97 Å². The van der Waals surface area contributed by atoms with E-state index in [-0.39, 0.29) is 5.60 Å². The van der Waals surface area contributed by atoms with Gasteiger partial charge in [-0.15, -0.1) is 0 Å². The lowest BCUT2D eigenvalue weighted by Crippen LogP contribution is -2.32. The Bertz CT molecular complexity index is 928. The van der Waals surface area contributed by atoms with Crippen molar-refractivity contribution in [3.8, 4) is 16.9 Å². The van der Waals surface area contributed by atoms with E-state index in [1.54, 1.807) is 0 Å². The zero-order valence-electron chi connectivity index (χ0n) is 13.9. The largest absolute Gasteiger partial charge is 0.491 e. The van der Waals surface area contributed by atoms with Crippen LogP contribution in [0.2, 0.25) is 0 Å². The van der Waals surface area contributed by atoms with E-state index >= 15 is 0 Å². The van der Waals surface area contributed by atoms with E-state index in [1.165, 1.54) is 6.33 Å². The van der Waals surface area contributed by atoms with Crippen LogP contribution in [-0.2, 0) is 4.74 Å². The number of benzene rings is 1. The van der Waals surface area contributed by atoms with Crippen molar-refractivity contribution in [1.29, 1.82) is 0 Å². The molecule has 2 fully saturated rings. The van der Waals surface area contributed by atoms with Crippen LogP contribution < -0.4 is 10.5 Å². The first-order valence-electron chi connectivity index (χ1n) is 8.71. The average Bonchev–Trinajstić information content (AvgIpc) is 3.35. The minimum absolute atomic E-state index is 0.0697. The fraction of sp³-hybridized carbons (Fsp3) is 0.368. The quantitative estimate of drug-likeness (QED) is 0.763. The van der Waals surface area contributed by atoms with Gasteiger partial charge in [-0.3, -0.25) is 0 Å². The summed E-state index contributed by atoms with van der Waals surface area (Å²) in [7, 11) is 0. The number of nitrogens with zero attached hydrogens (tertiary/aromatic N) is 2. The number of ether oxygens (including phenoxy) is 2. The Morgan fingerprint density at radius 1 is 1.28 bits per heavy atom. The number of hydrogen-bond donors (Lipinski definition) is 2. The van der Waals surface area contributed by atoms with Crippen molar-refractivity contribution in [2.45, 2.75) is 37.4 Å². The molecule has 2 aromatic heterocycles. The summed E-state index contributed by atoms with van der Waals surface area (Å²) >= 11 is 0. The second kappa shape index (κ2) is 5.46. The average molecular weight is 336 g/mol. The number of nitrogens with two attached hydrogens (primary N) is 1. The van der Waals surface area contributed by atoms with E-state index in [0.717, 1.165) is 53.6 Å². The number of aromatic amines is 1. The molecule has 0 saturated carbocycles. The van der Waals surface area contributed by atoms with Gasteiger partial charge in [0.05, 0.1) is 11.5 Å². The van der Waals surface area contributed by atoms with Crippen molar-refractivity contribution in [3.63, 3.8) is 0 Å². The molecule has 2 aliphatic rings. The highest BCUT2D eigenvalue weighted by molar-refractivity contribution is 6.00. The van der Waals surface area contributed by atoms with Crippen LogP contribution in [0.1, 0.15) is 25.7 Å². The third-order valence-electron chi connectivity index (χ3n) is 5.41. The summed E-state index contributed by atoms with van der Waals surface area (Å²) in [6, 6.07) is 8.05. The van der Waals surface area contributed by atoms with Crippen LogP contribution in [0.15, 0.2) is 36.8 Å². The van der Waals surface area contributed by atoms with Gasteiger partial charge in [-0.1, -0.05) is 12.1 Å². The molecule has 3 N–H and O–H groups in total. The molecule has 6 heteroatoms. The molecule has 1 aromatic carbocycles. The topological polar surface area (TPSA) is 86.1 Å². The van der Waals surface area contributed by atoms with E-state index < -0.39 is 0 Å². The van der Waals surface area contributed by atoms with E-state index in [9.17, 15) is 0 Å². The molecular formula is C19H20N4O2. The van der Waals surface area contributed by atoms with Gasteiger partial charge >= 0.3 is 0 Å². The second-order valence-electron chi connectivity index (χ2n) is 7.00. The van der Waals surface area contributed by atoms with Gasteiger partial charge in [0, 0.05) is 11.8 Å². The van der Waals surface area contributed by atoms with Gasteiger partial charge in [0.2, 0.25) is 0 Å². The number of aromatic nitrogens is 3. The van der Waals surface area contributed by atoms with Crippen molar-refractivity contribution in [1.82, 2.24) is 15.0 Å². The fourth-order valence-electron chi connectivity index (χ4n) is 4.07. The summed E-state index contributed by atoms with van der Waals surface area (Å²) in [6.45, 7) is 0.617. The maximum atomic E-state index is 6.09. The third kappa shape index (κ3) is 2.44.